The van der Waals surface area contributed by atoms with Crippen LogP contribution in [0.15, 0.2) is 30.3 Å². The number of nitrogens with one attached hydrogen (secondary N) is 2. The largest absolute Gasteiger partial charge is 0.492 e. The maximum atomic E-state index is 11.9. The predicted octanol–water partition coefficient (Wildman–Crippen LogP) is 1.13. The van der Waals surface area contributed by atoms with Crippen molar-refractivity contribution < 1.29 is 13.2 Å². The van der Waals surface area contributed by atoms with Crippen LogP contribution in [-0.2, 0) is 10.0 Å². The highest BCUT2D eigenvalue weighted by atomic mass is 32.2. The number of ether oxygens (including phenoxy) is 1. The molecule has 0 aromatic heterocycles. The van der Waals surface area contributed by atoms with Gasteiger partial charge in [-0.1, -0.05) is 24.6 Å². The van der Waals surface area contributed by atoms with Gasteiger partial charge in [0.05, 0.1) is 5.75 Å². The fourth-order valence-electron chi connectivity index (χ4n) is 2.27. The fourth-order valence-corrected chi connectivity index (χ4v) is 3.60. The molecule has 5 nitrogen and oxygen atoms in total. The first-order valence-corrected chi connectivity index (χ1v) is 8.69. The number of benzene rings is 1. The molecule has 1 unspecified atom stereocenters. The Hall–Kier alpha value is -1.11. The highest BCUT2D eigenvalue weighted by molar-refractivity contribution is 7.89. The fraction of sp³-hybridized carbons (Fsp3) is 0.571. The molecular formula is C14H22N2O3S. The Kier molecular flexibility index (Phi) is 5.82. The summed E-state index contributed by atoms with van der Waals surface area (Å²) in [7, 11) is -3.23. The third-order valence-electron chi connectivity index (χ3n) is 3.27. The first-order valence-electron chi connectivity index (χ1n) is 7.04. The average Bonchev–Trinajstić information content (AvgIpc) is 2.45. The first kappa shape index (κ1) is 15.3. The Morgan fingerprint density at radius 1 is 1.25 bits per heavy atom. The van der Waals surface area contributed by atoms with Crippen LogP contribution in [-0.4, -0.2) is 39.9 Å². The van der Waals surface area contributed by atoms with Crippen LogP contribution >= 0.6 is 0 Å². The van der Waals surface area contributed by atoms with Gasteiger partial charge in [0, 0.05) is 12.6 Å². The second-order valence-corrected chi connectivity index (χ2v) is 6.84. The SMILES string of the molecule is O=S(=O)(CC1CCCCN1)NCCOc1ccccc1. The monoisotopic (exact) mass is 298 g/mol. The van der Waals surface area contributed by atoms with Crippen molar-refractivity contribution in [2.45, 2.75) is 25.3 Å². The van der Waals surface area contributed by atoms with Crippen molar-refractivity contribution in [2.75, 3.05) is 25.4 Å². The maximum Gasteiger partial charge on any atom is 0.213 e. The summed E-state index contributed by atoms with van der Waals surface area (Å²) in [5.74, 6) is 0.902. The van der Waals surface area contributed by atoms with Gasteiger partial charge in [-0.2, -0.15) is 0 Å². The second kappa shape index (κ2) is 7.61. The molecule has 6 heteroatoms. The van der Waals surface area contributed by atoms with E-state index in [2.05, 4.69) is 10.0 Å². The van der Waals surface area contributed by atoms with Gasteiger partial charge in [-0.05, 0) is 31.5 Å². The molecule has 2 rings (SSSR count). The number of hydrogen-bond acceptors (Lipinski definition) is 4. The van der Waals surface area contributed by atoms with Crippen LogP contribution in [0.2, 0.25) is 0 Å². The van der Waals surface area contributed by atoms with Crippen molar-refractivity contribution in [3.8, 4) is 5.75 Å². The average molecular weight is 298 g/mol. The summed E-state index contributed by atoms with van der Waals surface area (Å²) in [4.78, 5) is 0. The molecule has 1 aliphatic heterocycles. The number of piperidine rings is 1. The van der Waals surface area contributed by atoms with E-state index in [0.717, 1.165) is 31.6 Å². The lowest BCUT2D eigenvalue weighted by Crippen LogP contribution is -2.43. The quantitative estimate of drug-likeness (QED) is 0.741. The Morgan fingerprint density at radius 3 is 2.75 bits per heavy atom. The molecule has 1 heterocycles. The van der Waals surface area contributed by atoms with Gasteiger partial charge in [0.1, 0.15) is 12.4 Å². The lowest BCUT2D eigenvalue weighted by molar-refractivity contribution is 0.322. The van der Waals surface area contributed by atoms with E-state index in [9.17, 15) is 8.42 Å². The predicted molar refractivity (Wildman–Crippen MR) is 79.4 cm³/mol. The molecule has 1 aromatic rings. The molecule has 0 aliphatic carbocycles. The topological polar surface area (TPSA) is 67.4 Å². The standard InChI is InChI=1S/C14H22N2O3S/c17-20(18,12-13-6-4-5-9-15-13)16-10-11-19-14-7-2-1-3-8-14/h1-3,7-8,13,15-16H,4-6,9-12H2. The van der Waals surface area contributed by atoms with Gasteiger partial charge >= 0.3 is 0 Å². The van der Waals surface area contributed by atoms with Crippen LogP contribution in [0.5, 0.6) is 5.75 Å². The smallest absolute Gasteiger partial charge is 0.213 e. The van der Waals surface area contributed by atoms with E-state index < -0.39 is 10.0 Å². The van der Waals surface area contributed by atoms with E-state index in [1.807, 2.05) is 30.3 Å². The molecule has 0 spiro atoms. The zero-order valence-corrected chi connectivity index (χ0v) is 12.4. The van der Waals surface area contributed by atoms with Crippen LogP contribution < -0.4 is 14.8 Å². The molecule has 112 valence electrons. The highest BCUT2D eigenvalue weighted by Crippen LogP contribution is 2.09. The molecule has 0 radical (unpaired) electrons. The van der Waals surface area contributed by atoms with Gasteiger partial charge in [0.15, 0.2) is 0 Å². The normalized spacial score (nSPS) is 19.7. The number of sulfonamides is 1. The summed E-state index contributed by atoms with van der Waals surface area (Å²) in [6.45, 7) is 1.54. The van der Waals surface area contributed by atoms with Crippen molar-refractivity contribution >= 4 is 10.0 Å². The van der Waals surface area contributed by atoms with Crippen molar-refractivity contribution in [3.05, 3.63) is 30.3 Å². The molecule has 0 amide bonds. The molecule has 2 N–H and O–H groups in total. The van der Waals surface area contributed by atoms with Gasteiger partial charge in [-0.3, -0.25) is 0 Å². The molecule has 1 aromatic carbocycles. The molecule has 0 bridgehead atoms. The van der Waals surface area contributed by atoms with E-state index >= 15 is 0 Å². The molecular weight excluding hydrogens is 276 g/mol. The first-order chi connectivity index (χ1) is 9.66. The summed E-state index contributed by atoms with van der Waals surface area (Å²) < 4.78 is 31.8. The lowest BCUT2D eigenvalue weighted by atomic mass is 10.1. The van der Waals surface area contributed by atoms with Crippen molar-refractivity contribution in [2.24, 2.45) is 0 Å². The number of para-hydroxylation sites is 1. The maximum absolute atomic E-state index is 11.9. The van der Waals surface area contributed by atoms with E-state index in [4.69, 9.17) is 4.74 Å². The Balaban J connectivity index is 1.67. The van der Waals surface area contributed by atoms with Crippen molar-refractivity contribution in [3.63, 3.8) is 0 Å². The highest BCUT2D eigenvalue weighted by Gasteiger charge is 2.20. The zero-order chi connectivity index (χ0) is 14.3. The van der Waals surface area contributed by atoms with Crippen LogP contribution in [0.25, 0.3) is 0 Å². The minimum Gasteiger partial charge on any atom is -0.492 e. The van der Waals surface area contributed by atoms with Crippen LogP contribution in [0.4, 0.5) is 0 Å². The molecule has 1 saturated heterocycles. The van der Waals surface area contributed by atoms with Crippen LogP contribution in [0.1, 0.15) is 19.3 Å². The van der Waals surface area contributed by atoms with Gasteiger partial charge in [-0.25, -0.2) is 13.1 Å². The summed E-state index contributed by atoms with van der Waals surface area (Å²) in [5, 5.41) is 3.24. The van der Waals surface area contributed by atoms with Gasteiger partial charge < -0.3 is 10.1 Å². The molecule has 20 heavy (non-hydrogen) atoms. The van der Waals surface area contributed by atoms with Crippen LogP contribution in [0.3, 0.4) is 0 Å². The summed E-state index contributed by atoms with van der Waals surface area (Å²) >= 11 is 0. The summed E-state index contributed by atoms with van der Waals surface area (Å²) in [6.07, 6.45) is 3.17. The molecule has 1 aliphatic rings. The minimum atomic E-state index is -3.23. The van der Waals surface area contributed by atoms with E-state index in [1.165, 1.54) is 0 Å². The third kappa shape index (κ3) is 5.48. The minimum absolute atomic E-state index is 0.0799. The van der Waals surface area contributed by atoms with Crippen molar-refractivity contribution in [1.29, 1.82) is 0 Å². The Morgan fingerprint density at radius 2 is 2.05 bits per heavy atom. The second-order valence-electron chi connectivity index (χ2n) is 4.98. The number of hydrogen-bond donors (Lipinski definition) is 2. The van der Waals surface area contributed by atoms with Gasteiger partial charge in [-0.15, -0.1) is 0 Å². The lowest BCUT2D eigenvalue weighted by Gasteiger charge is -2.23. The number of rotatable bonds is 7. The summed E-state index contributed by atoms with van der Waals surface area (Å²) in [5.41, 5.74) is 0. The third-order valence-corrected chi connectivity index (χ3v) is 4.75. The van der Waals surface area contributed by atoms with E-state index in [-0.39, 0.29) is 11.8 Å². The molecule has 1 fully saturated rings. The molecule has 1 atom stereocenters. The van der Waals surface area contributed by atoms with Crippen LogP contribution in [0, 0.1) is 0 Å². The Bertz CT molecular complexity index is 484. The molecule has 0 saturated carbocycles. The zero-order valence-electron chi connectivity index (χ0n) is 11.5. The van der Waals surface area contributed by atoms with Crippen molar-refractivity contribution in [1.82, 2.24) is 10.0 Å². The summed E-state index contributed by atoms with van der Waals surface area (Å²) in [6, 6.07) is 9.45. The van der Waals surface area contributed by atoms with E-state index in [0.29, 0.717) is 13.2 Å². The van der Waals surface area contributed by atoms with Gasteiger partial charge in [0.25, 0.3) is 0 Å². The Labute approximate surface area is 120 Å². The van der Waals surface area contributed by atoms with Gasteiger partial charge in [0.2, 0.25) is 10.0 Å². The van der Waals surface area contributed by atoms with E-state index in [1.54, 1.807) is 0 Å².